The fourth-order valence-corrected chi connectivity index (χ4v) is 2.81. The summed E-state index contributed by atoms with van der Waals surface area (Å²) in [4.78, 5) is 24.5. The fourth-order valence-electron chi connectivity index (χ4n) is 2.81. The SMILES string of the molecule is CN(C)CCn1ccc2cc(NC(=O)COc3cccc([N+](=O)[O-])c3)ccc21. The molecular weight excluding hydrogens is 360 g/mol. The van der Waals surface area contributed by atoms with Crippen molar-refractivity contribution in [2.45, 2.75) is 6.54 Å². The number of likely N-dealkylation sites (N-methyl/N-ethyl adjacent to an activating group) is 1. The zero-order chi connectivity index (χ0) is 20.1. The molecule has 3 rings (SSSR count). The lowest BCUT2D eigenvalue weighted by Crippen LogP contribution is -2.20. The summed E-state index contributed by atoms with van der Waals surface area (Å²) in [6.07, 6.45) is 2.03. The number of non-ortho nitro benzene ring substituents is 1. The smallest absolute Gasteiger partial charge is 0.273 e. The molecule has 1 N–H and O–H groups in total. The Hall–Kier alpha value is -3.39. The molecule has 0 saturated carbocycles. The van der Waals surface area contributed by atoms with Crippen molar-refractivity contribution in [3.05, 3.63) is 64.8 Å². The van der Waals surface area contributed by atoms with Crippen molar-refractivity contribution in [3.8, 4) is 5.75 Å². The van der Waals surface area contributed by atoms with Gasteiger partial charge < -0.3 is 19.5 Å². The molecule has 0 aliphatic rings. The summed E-state index contributed by atoms with van der Waals surface area (Å²) in [5, 5.41) is 14.6. The third-order valence-electron chi connectivity index (χ3n) is 4.24. The predicted molar refractivity (Wildman–Crippen MR) is 108 cm³/mol. The van der Waals surface area contributed by atoms with Gasteiger partial charge in [-0.3, -0.25) is 14.9 Å². The number of nitrogens with zero attached hydrogens (tertiary/aromatic N) is 3. The first kappa shape index (κ1) is 19.4. The monoisotopic (exact) mass is 382 g/mol. The Bertz CT molecular complexity index is 997. The van der Waals surface area contributed by atoms with E-state index in [0.717, 1.165) is 24.0 Å². The van der Waals surface area contributed by atoms with Gasteiger partial charge in [0.15, 0.2) is 6.61 Å². The van der Waals surface area contributed by atoms with Gasteiger partial charge in [0.25, 0.3) is 11.6 Å². The van der Waals surface area contributed by atoms with E-state index < -0.39 is 4.92 Å². The first-order valence-electron chi connectivity index (χ1n) is 8.83. The van der Waals surface area contributed by atoms with E-state index in [0.29, 0.717) is 5.69 Å². The van der Waals surface area contributed by atoms with Crippen LogP contribution in [0, 0.1) is 10.1 Å². The summed E-state index contributed by atoms with van der Waals surface area (Å²) < 4.78 is 7.52. The van der Waals surface area contributed by atoms with Crippen LogP contribution in [0.5, 0.6) is 5.75 Å². The van der Waals surface area contributed by atoms with Gasteiger partial charge in [0.2, 0.25) is 0 Å². The number of nitro groups is 1. The molecular formula is C20H22N4O4. The second kappa shape index (κ2) is 8.53. The number of ether oxygens (including phenoxy) is 1. The Morgan fingerprint density at radius 2 is 2.04 bits per heavy atom. The van der Waals surface area contributed by atoms with Gasteiger partial charge in [-0.15, -0.1) is 0 Å². The van der Waals surface area contributed by atoms with E-state index in [2.05, 4.69) is 14.8 Å². The number of amides is 1. The van der Waals surface area contributed by atoms with Crippen LogP contribution in [0.4, 0.5) is 11.4 Å². The zero-order valence-corrected chi connectivity index (χ0v) is 15.8. The first-order chi connectivity index (χ1) is 13.4. The summed E-state index contributed by atoms with van der Waals surface area (Å²) >= 11 is 0. The predicted octanol–water partition coefficient (Wildman–Crippen LogP) is 3.13. The fraction of sp³-hybridized carbons (Fsp3) is 0.250. The van der Waals surface area contributed by atoms with E-state index in [1.807, 2.05) is 44.6 Å². The van der Waals surface area contributed by atoms with E-state index in [9.17, 15) is 14.9 Å². The Kier molecular flexibility index (Phi) is 5.90. The van der Waals surface area contributed by atoms with Crippen LogP contribution >= 0.6 is 0 Å². The highest BCUT2D eigenvalue weighted by Crippen LogP contribution is 2.21. The molecule has 0 spiro atoms. The third kappa shape index (κ3) is 4.86. The van der Waals surface area contributed by atoms with Crippen molar-refractivity contribution >= 4 is 28.2 Å². The molecule has 1 amide bonds. The number of rotatable bonds is 8. The van der Waals surface area contributed by atoms with Crippen LogP contribution in [-0.2, 0) is 11.3 Å². The second-order valence-electron chi connectivity index (χ2n) is 6.68. The number of nitro benzene ring substituents is 1. The molecule has 0 bridgehead atoms. The van der Waals surface area contributed by atoms with Gasteiger partial charge in [0.1, 0.15) is 5.75 Å². The van der Waals surface area contributed by atoms with Crippen LogP contribution in [0.15, 0.2) is 54.7 Å². The molecule has 0 radical (unpaired) electrons. The van der Waals surface area contributed by atoms with E-state index in [-0.39, 0.29) is 24.0 Å². The van der Waals surface area contributed by atoms with Crippen LogP contribution in [0.1, 0.15) is 0 Å². The molecule has 1 heterocycles. The van der Waals surface area contributed by atoms with Crippen molar-refractivity contribution in [1.29, 1.82) is 0 Å². The Morgan fingerprint density at radius 1 is 1.21 bits per heavy atom. The van der Waals surface area contributed by atoms with E-state index >= 15 is 0 Å². The maximum atomic E-state index is 12.1. The second-order valence-corrected chi connectivity index (χ2v) is 6.68. The number of fused-ring (bicyclic) bond motifs is 1. The first-order valence-corrected chi connectivity index (χ1v) is 8.83. The van der Waals surface area contributed by atoms with Crippen molar-refractivity contribution in [2.75, 3.05) is 32.6 Å². The maximum absolute atomic E-state index is 12.1. The standard InChI is InChI=1S/C20H22N4O4/c1-22(2)10-11-23-9-8-15-12-16(6-7-19(15)23)21-20(25)14-28-18-5-3-4-17(13-18)24(26)27/h3-9,12-13H,10-11,14H2,1-2H3,(H,21,25). The molecule has 8 heteroatoms. The highest BCUT2D eigenvalue weighted by Gasteiger charge is 2.09. The van der Waals surface area contributed by atoms with Crippen LogP contribution in [0.2, 0.25) is 0 Å². The lowest BCUT2D eigenvalue weighted by atomic mass is 10.2. The Balaban J connectivity index is 1.60. The lowest BCUT2D eigenvalue weighted by Gasteiger charge is -2.11. The summed E-state index contributed by atoms with van der Waals surface area (Å²) in [7, 11) is 4.07. The van der Waals surface area contributed by atoms with E-state index in [1.165, 1.54) is 18.2 Å². The van der Waals surface area contributed by atoms with Crippen LogP contribution in [0.3, 0.4) is 0 Å². The minimum Gasteiger partial charge on any atom is -0.484 e. The highest BCUT2D eigenvalue weighted by molar-refractivity contribution is 5.94. The minimum absolute atomic E-state index is 0.0814. The normalized spacial score (nSPS) is 11.0. The number of aromatic nitrogens is 1. The molecule has 0 saturated heterocycles. The lowest BCUT2D eigenvalue weighted by molar-refractivity contribution is -0.384. The summed E-state index contributed by atoms with van der Waals surface area (Å²) in [5.41, 5.74) is 1.69. The number of hydrogen-bond donors (Lipinski definition) is 1. The minimum atomic E-state index is -0.507. The molecule has 1 aromatic heterocycles. The molecule has 2 aromatic carbocycles. The highest BCUT2D eigenvalue weighted by atomic mass is 16.6. The van der Waals surface area contributed by atoms with Crippen molar-refractivity contribution in [2.24, 2.45) is 0 Å². The molecule has 0 unspecified atom stereocenters. The third-order valence-corrected chi connectivity index (χ3v) is 4.24. The van der Waals surface area contributed by atoms with Gasteiger partial charge in [0.05, 0.1) is 11.0 Å². The largest absolute Gasteiger partial charge is 0.484 e. The van der Waals surface area contributed by atoms with Gasteiger partial charge in [-0.1, -0.05) is 6.07 Å². The van der Waals surface area contributed by atoms with Crippen molar-refractivity contribution in [1.82, 2.24) is 9.47 Å². The van der Waals surface area contributed by atoms with Gasteiger partial charge in [0, 0.05) is 41.9 Å². The Morgan fingerprint density at radius 3 is 2.79 bits per heavy atom. The summed E-state index contributed by atoms with van der Waals surface area (Å²) in [6, 6.07) is 13.5. The molecule has 0 atom stereocenters. The van der Waals surface area contributed by atoms with Gasteiger partial charge in [-0.05, 0) is 44.4 Å². The molecule has 3 aromatic rings. The van der Waals surface area contributed by atoms with Crippen LogP contribution < -0.4 is 10.1 Å². The van der Waals surface area contributed by atoms with Crippen molar-refractivity contribution < 1.29 is 14.5 Å². The molecule has 0 aliphatic heterocycles. The molecule has 146 valence electrons. The number of carbonyl (C=O) groups is 1. The number of hydrogen-bond acceptors (Lipinski definition) is 5. The summed E-state index contributed by atoms with van der Waals surface area (Å²) in [6.45, 7) is 1.60. The van der Waals surface area contributed by atoms with Gasteiger partial charge in [-0.25, -0.2) is 0 Å². The van der Waals surface area contributed by atoms with Crippen LogP contribution in [0.25, 0.3) is 10.9 Å². The van der Waals surface area contributed by atoms with Gasteiger partial charge >= 0.3 is 0 Å². The average Bonchev–Trinajstić information content (AvgIpc) is 3.07. The molecule has 28 heavy (non-hydrogen) atoms. The molecule has 0 aliphatic carbocycles. The molecule has 0 fully saturated rings. The van der Waals surface area contributed by atoms with E-state index in [4.69, 9.17) is 4.74 Å². The quantitative estimate of drug-likeness (QED) is 0.478. The van der Waals surface area contributed by atoms with E-state index in [1.54, 1.807) is 6.07 Å². The maximum Gasteiger partial charge on any atom is 0.273 e. The zero-order valence-electron chi connectivity index (χ0n) is 15.8. The number of nitrogens with one attached hydrogen (secondary N) is 1. The van der Waals surface area contributed by atoms with Crippen LogP contribution in [-0.4, -0.2) is 47.5 Å². The topological polar surface area (TPSA) is 89.6 Å². The number of benzene rings is 2. The van der Waals surface area contributed by atoms with Crippen molar-refractivity contribution in [3.63, 3.8) is 0 Å². The summed E-state index contributed by atoms with van der Waals surface area (Å²) in [5.74, 6) is -0.0596. The van der Waals surface area contributed by atoms with Gasteiger partial charge in [-0.2, -0.15) is 0 Å². The number of carbonyl (C=O) groups excluding carboxylic acids is 1. The number of anilines is 1. The molecule has 8 nitrogen and oxygen atoms in total. The average molecular weight is 382 g/mol. The Labute approximate surface area is 162 Å².